The SMILES string of the molecule is Cc1noc(CNC(=O)c2ccccc2C)n1. The van der Waals surface area contributed by atoms with E-state index >= 15 is 0 Å². The summed E-state index contributed by atoms with van der Waals surface area (Å²) in [5.74, 6) is 0.827. The van der Waals surface area contributed by atoms with Crippen LogP contribution in [0.5, 0.6) is 0 Å². The Morgan fingerprint density at radius 2 is 2.12 bits per heavy atom. The number of aromatic nitrogens is 2. The molecular formula is C12H13N3O2. The molecule has 0 atom stereocenters. The van der Waals surface area contributed by atoms with Gasteiger partial charge in [-0.25, -0.2) is 0 Å². The van der Waals surface area contributed by atoms with Gasteiger partial charge in [0.25, 0.3) is 5.91 Å². The zero-order valence-electron chi connectivity index (χ0n) is 9.73. The summed E-state index contributed by atoms with van der Waals surface area (Å²) < 4.78 is 4.90. The molecule has 0 aliphatic heterocycles. The molecular weight excluding hydrogens is 218 g/mol. The van der Waals surface area contributed by atoms with E-state index in [0.717, 1.165) is 5.56 Å². The molecule has 1 heterocycles. The van der Waals surface area contributed by atoms with Crippen molar-refractivity contribution in [2.45, 2.75) is 20.4 Å². The molecule has 0 saturated carbocycles. The van der Waals surface area contributed by atoms with E-state index in [2.05, 4.69) is 15.5 Å². The van der Waals surface area contributed by atoms with Crippen molar-refractivity contribution in [3.05, 3.63) is 47.1 Å². The Labute approximate surface area is 98.8 Å². The molecule has 0 unspecified atom stereocenters. The molecule has 1 amide bonds. The molecule has 5 heteroatoms. The van der Waals surface area contributed by atoms with Crippen molar-refractivity contribution in [1.29, 1.82) is 0 Å². The maximum Gasteiger partial charge on any atom is 0.251 e. The Bertz CT molecular complexity index is 534. The number of carbonyl (C=O) groups is 1. The van der Waals surface area contributed by atoms with Crippen molar-refractivity contribution in [2.75, 3.05) is 0 Å². The van der Waals surface area contributed by atoms with Crippen molar-refractivity contribution in [1.82, 2.24) is 15.5 Å². The average molecular weight is 231 g/mol. The first-order valence-electron chi connectivity index (χ1n) is 5.30. The summed E-state index contributed by atoms with van der Waals surface area (Å²) in [6, 6.07) is 7.40. The third kappa shape index (κ3) is 2.69. The summed E-state index contributed by atoms with van der Waals surface area (Å²) in [6.07, 6.45) is 0. The Morgan fingerprint density at radius 3 is 2.76 bits per heavy atom. The lowest BCUT2D eigenvalue weighted by molar-refractivity contribution is 0.0945. The van der Waals surface area contributed by atoms with Gasteiger partial charge in [-0.05, 0) is 25.5 Å². The van der Waals surface area contributed by atoms with Crippen LogP contribution >= 0.6 is 0 Å². The second-order valence-corrected chi connectivity index (χ2v) is 3.73. The van der Waals surface area contributed by atoms with Gasteiger partial charge >= 0.3 is 0 Å². The lowest BCUT2D eigenvalue weighted by Crippen LogP contribution is -2.23. The number of nitrogens with zero attached hydrogens (tertiary/aromatic N) is 2. The first kappa shape index (κ1) is 11.3. The zero-order valence-corrected chi connectivity index (χ0v) is 9.73. The van der Waals surface area contributed by atoms with Gasteiger partial charge in [0.15, 0.2) is 5.82 Å². The fraction of sp³-hybridized carbons (Fsp3) is 0.250. The minimum absolute atomic E-state index is 0.140. The molecule has 2 aromatic rings. The molecule has 0 aliphatic rings. The summed E-state index contributed by atoms with van der Waals surface area (Å²) in [7, 11) is 0. The number of amides is 1. The fourth-order valence-electron chi connectivity index (χ4n) is 1.49. The molecule has 1 aromatic carbocycles. The number of aryl methyl sites for hydroxylation is 2. The highest BCUT2D eigenvalue weighted by Gasteiger charge is 2.09. The lowest BCUT2D eigenvalue weighted by Gasteiger charge is -2.04. The number of hydrogen-bond acceptors (Lipinski definition) is 4. The average Bonchev–Trinajstić information content (AvgIpc) is 2.73. The Kier molecular flexibility index (Phi) is 3.18. The fourth-order valence-corrected chi connectivity index (χ4v) is 1.49. The maximum absolute atomic E-state index is 11.8. The largest absolute Gasteiger partial charge is 0.343 e. The smallest absolute Gasteiger partial charge is 0.251 e. The van der Waals surface area contributed by atoms with Crippen LogP contribution in [-0.2, 0) is 6.54 Å². The Hall–Kier alpha value is -2.17. The summed E-state index contributed by atoms with van der Waals surface area (Å²) in [5, 5.41) is 6.38. The highest BCUT2D eigenvalue weighted by atomic mass is 16.5. The van der Waals surface area contributed by atoms with Crippen molar-refractivity contribution in [3.63, 3.8) is 0 Å². The molecule has 1 aromatic heterocycles. The van der Waals surface area contributed by atoms with Crippen LogP contribution in [0.4, 0.5) is 0 Å². The van der Waals surface area contributed by atoms with Gasteiger partial charge in [-0.2, -0.15) is 4.98 Å². The molecule has 0 spiro atoms. The number of nitrogens with one attached hydrogen (secondary N) is 1. The van der Waals surface area contributed by atoms with E-state index in [0.29, 0.717) is 17.3 Å². The topological polar surface area (TPSA) is 68.0 Å². The van der Waals surface area contributed by atoms with E-state index in [-0.39, 0.29) is 12.5 Å². The Balaban J connectivity index is 2.01. The van der Waals surface area contributed by atoms with E-state index in [9.17, 15) is 4.79 Å². The van der Waals surface area contributed by atoms with Crippen LogP contribution in [-0.4, -0.2) is 16.0 Å². The van der Waals surface area contributed by atoms with Crippen LogP contribution in [0, 0.1) is 13.8 Å². The van der Waals surface area contributed by atoms with Gasteiger partial charge in [-0.3, -0.25) is 4.79 Å². The van der Waals surface area contributed by atoms with Gasteiger partial charge in [0.05, 0.1) is 6.54 Å². The summed E-state index contributed by atoms with van der Waals surface area (Å²) in [6.45, 7) is 3.87. The molecule has 1 N–H and O–H groups in total. The predicted molar refractivity (Wildman–Crippen MR) is 61.4 cm³/mol. The number of hydrogen-bond donors (Lipinski definition) is 1. The molecule has 0 fully saturated rings. The standard InChI is InChI=1S/C12H13N3O2/c1-8-5-3-4-6-10(8)12(16)13-7-11-14-9(2)15-17-11/h3-6H,7H2,1-2H3,(H,13,16). The van der Waals surface area contributed by atoms with Crippen molar-refractivity contribution < 1.29 is 9.32 Å². The Morgan fingerprint density at radius 1 is 1.35 bits per heavy atom. The van der Waals surface area contributed by atoms with E-state index in [1.165, 1.54) is 0 Å². The molecule has 17 heavy (non-hydrogen) atoms. The van der Waals surface area contributed by atoms with Crippen LogP contribution in [0.3, 0.4) is 0 Å². The van der Waals surface area contributed by atoms with Gasteiger partial charge in [0.2, 0.25) is 5.89 Å². The first-order valence-corrected chi connectivity index (χ1v) is 5.30. The monoisotopic (exact) mass is 231 g/mol. The molecule has 0 bridgehead atoms. The number of benzene rings is 1. The van der Waals surface area contributed by atoms with Gasteiger partial charge < -0.3 is 9.84 Å². The van der Waals surface area contributed by atoms with E-state index in [4.69, 9.17) is 4.52 Å². The van der Waals surface area contributed by atoms with Gasteiger partial charge in [0.1, 0.15) is 0 Å². The van der Waals surface area contributed by atoms with Crippen LogP contribution < -0.4 is 5.32 Å². The van der Waals surface area contributed by atoms with E-state index < -0.39 is 0 Å². The molecule has 88 valence electrons. The number of rotatable bonds is 3. The van der Waals surface area contributed by atoms with Crippen LogP contribution in [0.1, 0.15) is 27.6 Å². The minimum atomic E-state index is -0.140. The summed E-state index contributed by atoms with van der Waals surface area (Å²) in [5.41, 5.74) is 1.59. The third-order valence-electron chi connectivity index (χ3n) is 2.36. The van der Waals surface area contributed by atoms with Crippen molar-refractivity contribution in [2.24, 2.45) is 0 Å². The van der Waals surface area contributed by atoms with Crippen LogP contribution in [0.25, 0.3) is 0 Å². The highest BCUT2D eigenvalue weighted by Crippen LogP contribution is 2.06. The molecule has 0 radical (unpaired) electrons. The maximum atomic E-state index is 11.8. The van der Waals surface area contributed by atoms with Gasteiger partial charge in [-0.1, -0.05) is 23.4 Å². The summed E-state index contributed by atoms with van der Waals surface area (Å²) in [4.78, 5) is 15.9. The molecule has 2 rings (SSSR count). The minimum Gasteiger partial charge on any atom is -0.343 e. The predicted octanol–water partition coefficient (Wildman–Crippen LogP) is 1.62. The quantitative estimate of drug-likeness (QED) is 0.871. The normalized spacial score (nSPS) is 10.2. The molecule has 5 nitrogen and oxygen atoms in total. The van der Waals surface area contributed by atoms with E-state index in [1.807, 2.05) is 25.1 Å². The van der Waals surface area contributed by atoms with Crippen molar-refractivity contribution >= 4 is 5.91 Å². The van der Waals surface area contributed by atoms with Gasteiger partial charge in [0, 0.05) is 5.56 Å². The lowest BCUT2D eigenvalue weighted by atomic mass is 10.1. The van der Waals surface area contributed by atoms with Crippen molar-refractivity contribution in [3.8, 4) is 0 Å². The highest BCUT2D eigenvalue weighted by molar-refractivity contribution is 5.95. The molecule has 0 aliphatic carbocycles. The van der Waals surface area contributed by atoms with Crippen LogP contribution in [0.2, 0.25) is 0 Å². The number of carbonyl (C=O) groups excluding carboxylic acids is 1. The van der Waals surface area contributed by atoms with E-state index in [1.54, 1.807) is 13.0 Å². The second-order valence-electron chi connectivity index (χ2n) is 3.73. The van der Waals surface area contributed by atoms with Gasteiger partial charge in [-0.15, -0.1) is 0 Å². The summed E-state index contributed by atoms with van der Waals surface area (Å²) >= 11 is 0. The molecule has 0 saturated heterocycles. The third-order valence-corrected chi connectivity index (χ3v) is 2.36. The first-order chi connectivity index (χ1) is 8.16. The zero-order chi connectivity index (χ0) is 12.3. The van der Waals surface area contributed by atoms with Crippen LogP contribution in [0.15, 0.2) is 28.8 Å². The second kappa shape index (κ2) is 4.78.